The molecule has 144 valence electrons. The summed E-state index contributed by atoms with van der Waals surface area (Å²) in [6, 6.07) is 4.96. The predicted octanol–water partition coefficient (Wildman–Crippen LogP) is 2.51. The molecule has 1 aromatic carbocycles. The van der Waals surface area contributed by atoms with Crippen molar-refractivity contribution in [3.8, 4) is 0 Å². The molecule has 0 aromatic heterocycles. The number of sulfonamides is 1. The van der Waals surface area contributed by atoms with Crippen LogP contribution in [0.15, 0.2) is 23.1 Å². The van der Waals surface area contributed by atoms with Gasteiger partial charge < -0.3 is 10.2 Å². The van der Waals surface area contributed by atoms with Crippen molar-refractivity contribution in [2.45, 2.75) is 56.3 Å². The van der Waals surface area contributed by atoms with Gasteiger partial charge in [-0.15, -0.1) is 0 Å². The number of amides is 1. The lowest BCUT2D eigenvalue weighted by atomic mass is 10.1. The first-order valence-electron chi connectivity index (χ1n) is 9.69. The number of likely N-dealkylation sites (tertiary alicyclic amines) is 1. The van der Waals surface area contributed by atoms with Crippen LogP contribution in [0.2, 0.25) is 0 Å². The average molecular weight is 380 g/mol. The standard InChI is InChI=1S/C19H29N3O3S/c23-19-8-5-7-16-15-17(9-10-18(16)21-19)26(24,25)20-11-6-14-22-12-3-1-2-4-13-22/h9-10,15,20H,1-8,11-14H2,(H,21,23). The van der Waals surface area contributed by atoms with Crippen molar-refractivity contribution in [2.24, 2.45) is 0 Å². The van der Waals surface area contributed by atoms with Crippen molar-refractivity contribution in [3.05, 3.63) is 23.8 Å². The summed E-state index contributed by atoms with van der Waals surface area (Å²) in [6.07, 6.45) is 7.86. The van der Waals surface area contributed by atoms with E-state index in [1.165, 1.54) is 25.7 Å². The molecule has 0 aliphatic carbocycles. The van der Waals surface area contributed by atoms with Crippen LogP contribution in [0.1, 0.15) is 50.5 Å². The molecule has 1 amide bonds. The number of rotatable bonds is 6. The SMILES string of the molecule is O=C1CCCc2cc(S(=O)(=O)NCCCN3CCCCCC3)ccc2N1. The zero-order valence-electron chi connectivity index (χ0n) is 15.3. The van der Waals surface area contributed by atoms with Gasteiger partial charge in [0.15, 0.2) is 0 Å². The highest BCUT2D eigenvalue weighted by molar-refractivity contribution is 7.89. The normalized spacial score (nSPS) is 19.3. The fourth-order valence-corrected chi connectivity index (χ4v) is 4.79. The molecule has 2 N–H and O–H groups in total. The molecule has 2 aliphatic heterocycles. The van der Waals surface area contributed by atoms with E-state index in [-0.39, 0.29) is 10.8 Å². The summed E-state index contributed by atoms with van der Waals surface area (Å²) in [4.78, 5) is 14.3. The summed E-state index contributed by atoms with van der Waals surface area (Å²) in [6.45, 7) is 3.65. The van der Waals surface area contributed by atoms with Crippen LogP contribution in [0.4, 0.5) is 5.69 Å². The number of hydrogen-bond acceptors (Lipinski definition) is 4. The van der Waals surface area contributed by atoms with Crippen molar-refractivity contribution < 1.29 is 13.2 Å². The van der Waals surface area contributed by atoms with Gasteiger partial charge in [0, 0.05) is 18.7 Å². The number of anilines is 1. The molecule has 26 heavy (non-hydrogen) atoms. The fourth-order valence-electron chi connectivity index (χ4n) is 3.67. The number of carbonyl (C=O) groups excluding carboxylic acids is 1. The van der Waals surface area contributed by atoms with E-state index in [0.717, 1.165) is 43.7 Å². The van der Waals surface area contributed by atoms with Crippen molar-refractivity contribution in [1.29, 1.82) is 0 Å². The Kier molecular flexibility index (Phi) is 6.67. The summed E-state index contributed by atoms with van der Waals surface area (Å²) in [5.74, 6) is -0.00834. The Hall–Kier alpha value is -1.44. The van der Waals surface area contributed by atoms with E-state index in [9.17, 15) is 13.2 Å². The average Bonchev–Trinajstić information content (AvgIpc) is 2.98. The smallest absolute Gasteiger partial charge is 0.240 e. The number of nitrogens with one attached hydrogen (secondary N) is 2. The Morgan fingerprint density at radius 2 is 1.81 bits per heavy atom. The minimum Gasteiger partial charge on any atom is -0.326 e. The largest absolute Gasteiger partial charge is 0.326 e. The van der Waals surface area contributed by atoms with E-state index < -0.39 is 10.0 Å². The molecule has 0 radical (unpaired) electrons. The Bertz CT molecular complexity index is 726. The molecule has 6 nitrogen and oxygen atoms in total. The maximum atomic E-state index is 12.6. The highest BCUT2D eigenvalue weighted by Crippen LogP contribution is 2.25. The monoisotopic (exact) mass is 379 g/mol. The van der Waals surface area contributed by atoms with Crippen molar-refractivity contribution in [3.63, 3.8) is 0 Å². The second kappa shape index (κ2) is 8.97. The van der Waals surface area contributed by atoms with Gasteiger partial charge in [0.1, 0.15) is 0 Å². The van der Waals surface area contributed by atoms with Gasteiger partial charge in [-0.2, -0.15) is 0 Å². The van der Waals surface area contributed by atoms with Crippen molar-refractivity contribution in [1.82, 2.24) is 9.62 Å². The summed E-state index contributed by atoms with van der Waals surface area (Å²) in [5.41, 5.74) is 1.62. The third-order valence-electron chi connectivity index (χ3n) is 5.15. The molecule has 2 aliphatic rings. The summed E-state index contributed by atoms with van der Waals surface area (Å²) >= 11 is 0. The first-order valence-corrected chi connectivity index (χ1v) is 11.2. The van der Waals surface area contributed by atoms with Gasteiger partial charge in [0.25, 0.3) is 0 Å². The zero-order chi connectivity index (χ0) is 18.4. The Morgan fingerprint density at radius 1 is 1.04 bits per heavy atom. The molecule has 0 atom stereocenters. The number of aryl methyl sites for hydroxylation is 1. The van der Waals surface area contributed by atoms with Gasteiger partial charge in [-0.25, -0.2) is 13.1 Å². The summed E-state index contributed by atoms with van der Waals surface area (Å²) in [5, 5.41) is 2.84. The van der Waals surface area contributed by atoms with E-state index in [4.69, 9.17) is 0 Å². The molecule has 1 saturated heterocycles. The van der Waals surface area contributed by atoms with Crippen LogP contribution >= 0.6 is 0 Å². The Morgan fingerprint density at radius 3 is 2.58 bits per heavy atom. The molecular formula is C19H29N3O3S. The van der Waals surface area contributed by atoms with E-state index in [1.807, 2.05) is 0 Å². The van der Waals surface area contributed by atoms with E-state index in [2.05, 4.69) is 14.9 Å². The topological polar surface area (TPSA) is 78.5 Å². The second-order valence-corrected chi connectivity index (χ2v) is 8.99. The number of carbonyl (C=O) groups is 1. The highest BCUT2D eigenvalue weighted by atomic mass is 32.2. The minimum atomic E-state index is -3.51. The molecule has 1 fully saturated rings. The number of fused-ring (bicyclic) bond motifs is 1. The highest BCUT2D eigenvalue weighted by Gasteiger charge is 2.18. The Labute approximate surface area is 156 Å². The Balaban J connectivity index is 1.54. The second-order valence-electron chi connectivity index (χ2n) is 7.23. The molecule has 0 bridgehead atoms. The summed E-state index contributed by atoms with van der Waals surface area (Å²) in [7, 11) is -3.51. The molecule has 2 heterocycles. The van der Waals surface area contributed by atoms with E-state index in [0.29, 0.717) is 19.4 Å². The van der Waals surface area contributed by atoms with Crippen LogP contribution in [0.25, 0.3) is 0 Å². The molecule has 0 spiro atoms. The van der Waals surface area contributed by atoms with Crippen LogP contribution in [-0.4, -0.2) is 45.4 Å². The quantitative estimate of drug-likeness (QED) is 0.745. The van der Waals surface area contributed by atoms with Crippen LogP contribution in [0.5, 0.6) is 0 Å². The maximum Gasteiger partial charge on any atom is 0.240 e. The third-order valence-corrected chi connectivity index (χ3v) is 6.61. The van der Waals surface area contributed by atoms with Gasteiger partial charge in [0.05, 0.1) is 4.90 Å². The zero-order valence-corrected chi connectivity index (χ0v) is 16.1. The van der Waals surface area contributed by atoms with Gasteiger partial charge in [-0.1, -0.05) is 12.8 Å². The molecular weight excluding hydrogens is 350 g/mol. The molecule has 1 aromatic rings. The number of nitrogens with zero attached hydrogens (tertiary/aromatic N) is 1. The minimum absolute atomic E-state index is 0.00834. The van der Waals surface area contributed by atoms with Crippen LogP contribution in [0, 0.1) is 0 Å². The van der Waals surface area contributed by atoms with Gasteiger partial charge in [-0.3, -0.25) is 4.79 Å². The van der Waals surface area contributed by atoms with E-state index in [1.54, 1.807) is 18.2 Å². The summed E-state index contributed by atoms with van der Waals surface area (Å²) < 4.78 is 27.8. The van der Waals surface area contributed by atoms with Gasteiger partial charge in [-0.05, 0) is 75.5 Å². The number of hydrogen-bond donors (Lipinski definition) is 2. The molecule has 7 heteroatoms. The lowest BCUT2D eigenvalue weighted by molar-refractivity contribution is -0.116. The van der Waals surface area contributed by atoms with Crippen LogP contribution in [-0.2, 0) is 21.2 Å². The maximum absolute atomic E-state index is 12.6. The van der Waals surface area contributed by atoms with Crippen LogP contribution < -0.4 is 10.0 Å². The lowest BCUT2D eigenvalue weighted by Crippen LogP contribution is -2.30. The van der Waals surface area contributed by atoms with Crippen LogP contribution in [0.3, 0.4) is 0 Å². The van der Waals surface area contributed by atoms with Gasteiger partial charge >= 0.3 is 0 Å². The predicted molar refractivity (Wildman–Crippen MR) is 103 cm³/mol. The molecule has 0 saturated carbocycles. The number of benzene rings is 1. The van der Waals surface area contributed by atoms with Crippen molar-refractivity contribution in [2.75, 3.05) is 31.5 Å². The molecule has 3 rings (SSSR count). The molecule has 0 unspecified atom stereocenters. The first kappa shape index (κ1) is 19.3. The first-order chi connectivity index (χ1) is 12.5. The van der Waals surface area contributed by atoms with Crippen molar-refractivity contribution >= 4 is 21.6 Å². The lowest BCUT2D eigenvalue weighted by Gasteiger charge is -2.19. The van der Waals surface area contributed by atoms with Gasteiger partial charge in [0.2, 0.25) is 15.9 Å². The fraction of sp³-hybridized carbons (Fsp3) is 0.632. The van der Waals surface area contributed by atoms with E-state index >= 15 is 0 Å². The third kappa shape index (κ3) is 5.28.